The fraction of sp³-hybridized carbons (Fsp3) is 0.414. The summed E-state index contributed by atoms with van der Waals surface area (Å²) in [6.07, 6.45) is 4.06. The number of nitrogens with one attached hydrogen (secondary N) is 2. The molecule has 1 aliphatic heterocycles. The van der Waals surface area contributed by atoms with Crippen molar-refractivity contribution in [3.05, 3.63) is 64.7 Å². The lowest BCUT2D eigenvalue weighted by atomic mass is 10.0. The smallest absolute Gasteiger partial charge is 0.278 e. The monoisotopic (exact) mass is 505 g/mol. The third-order valence-electron chi connectivity index (χ3n) is 6.57. The van der Waals surface area contributed by atoms with Gasteiger partial charge < -0.3 is 10.6 Å². The van der Waals surface area contributed by atoms with Gasteiger partial charge in [0.1, 0.15) is 10.6 Å². The van der Waals surface area contributed by atoms with Gasteiger partial charge in [-0.3, -0.25) is 19.3 Å². The molecule has 1 fully saturated rings. The standard InChI is InChI=1S/C29H35N3O3S/c1-18(2)17-32-28(34)25(30-22-14-12-20(13-15-22)19(3)4)26(29(32)35)36-24-11-7-10-23(16-24)31-27(33)21-8-5-6-9-21/h7,10-16,18-19,21,30H,5-6,8-9,17H2,1-4H3,(H,31,33). The van der Waals surface area contributed by atoms with Crippen molar-refractivity contribution >= 4 is 40.9 Å². The topological polar surface area (TPSA) is 78.5 Å². The number of carbonyl (C=O) groups excluding carboxylic acids is 3. The summed E-state index contributed by atoms with van der Waals surface area (Å²) < 4.78 is 0. The second-order valence-corrected chi connectivity index (χ2v) is 11.4. The maximum atomic E-state index is 13.4. The van der Waals surface area contributed by atoms with E-state index in [1.54, 1.807) is 0 Å². The van der Waals surface area contributed by atoms with Gasteiger partial charge in [0.15, 0.2) is 0 Å². The maximum Gasteiger partial charge on any atom is 0.278 e. The number of anilines is 2. The predicted octanol–water partition coefficient (Wildman–Crippen LogP) is 6.38. The molecule has 0 unspecified atom stereocenters. The summed E-state index contributed by atoms with van der Waals surface area (Å²) in [5.41, 5.74) is 2.96. The van der Waals surface area contributed by atoms with Gasteiger partial charge in [-0.2, -0.15) is 0 Å². The first-order valence-corrected chi connectivity index (χ1v) is 13.6. The molecule has 6 nitrogen and oxygen atoms in total. The fourth-order valence-corrected chi connectivity index (χ4v) is 5.58. The number of amides is 3. The Labute approximate surface area is 217 Å². The molecule has 2 aliphatic rings. The molecule has 0 bridgehead atoms. The Hall–Kier alpha value is -3.06. The molecule has 0 saturated heterocycles. The van der Waals surface area contributed by atoms with Gasteiger partial charge in [0.25, 0.3) is 11.8 Å². The van der Waals surface area contributed by atoms with Crippen LogP contribution in [0.15, 0.2) is 64.0 Å². The number of carbonyl (C=O) groups is 3. The zero-order chi connectivity index (χ0) is 25.8. The van der Waals surface area contributed by atoms with Gasteiger partial charge in [-0.05, 0) is 60.6 Å². The lowest BCUT2D eigenvalue weighted by Gasteiger charge is -2.17. The minimum Gasteiger partial charge on any atom is -0.350 e. The van der Waals surface area contributed by atoms with Crippen LogP contribution in [0.25, 0.3) is 0 Å². The van der Waals surface area contributed by atoms with E-state index in [0.29, 0.717) is 28.8 Å². The second kappa shape index (κ2) is 11.3. The zero-order valence-electron chi connectivity index (χ0n) is 21.5. The van der Waals surface area contributed by atoms with Crippen LogP contribution < -0.4 is 10.6 Å². The number of nitrogens with zero attached hydrogens (tertiary/aromatic N) is 1. The Morgan fingerprint density at radius 3 is 2.31 bits per heavy atom. The van der Waals surface area contributed by atoms with Crippen LogP contribution in [0.2, 0.25) is 0 Å². The molecule has 4 rings (SSSR count). The van der Waals surface area contributed by atoms with Crippen molar-refractivity contribution < 1.29 is 14.4 Å². The van der Waals surface area contributed by atoms with Gasteiger partial charge in [0.05, 0.1) is 0 Å². The van der Waals surface area contributed by atoms with E-state index in [4.69, 9.17) is 0 Å². The van der Waals surface area contributed by atoms with Crippen molar-refractivity contribution in [2.45, 2.75) is 64.2 Å². The molecule has 190 valence electrons. The van der Waals surface area contributed by atoms with Gasteiger partial charge in [-0.25, -0.2) is 0 Å². The summed E-state index contributed by atoms with van der Waals surface area (Å²) >= 11 is 1.26. The van der Waals surface area contributed by atoms with Gasteiger partial charge in [0.2, 0.25) is 5.91 Å². The van der Waals surface area contributed by atoms with Crippen LogP contribution in [0.5, 0.6) is 0 Å². The normalized spacial score (nSPS) is 16.6. The highest BCUT2D eigenvalue weighted by atomic mass is 32.2. The first kappa shape index (κ1) is 26.0. The molecule has 0 spiro atoms. The van der Waals surface area contributed by atoms with E-state index in [1.165, 1.54) is 22.2 Å². The summed E-state index contributed by atoms with van der Waals surface area (Å²) in [5.74, 6) is 0.0806. The van der Waals surface area contributed by atoms with Crippen LogP contribution in [-0.2, 0) is 14.4 Å². The average molecular weight is 506 g/mol. The van der Waals surface area contributed by atoms with Crippen LogP contribution in [0.3, 0.4) is 0 Å². The predicted molar refractivity (Wildman–Crippen MR) is 146 cm³/mol. The van der Waals surface area contributed by atoms with Crippen molar-refractivity contribution in [3.63, 3.8) is 0 Å². The summed E-state index contributed by atoms with van der Waals surface area (Å²) in [4.78, 5) is 41.7. The second-order valence-electron chi connectivity index (χ2n) is 10.3. The number of hydrogen-bond acceptors (Lipinski definition) is 5. The van der Waals surface area contributed by atoms with E-state index in [0.717, 1.165) is 36.3 Å². The Bertz CT molecular complexity index is 1160. The quantitative estimate of drug-likeness (QED) is 0.387. The van der Waals surface area contributed by atoms with Gasteiger partial charge in [0, 0.05) is 28.7 Å². The molecule has 7 heteroatoms. The Morgan fingerprint density at radius 1 is 0.972 bits per heavy atom. The Kier molecular flexibility index (Phi) is 8.19. The third-order valence-corrected chi connectivity index (χ3v) is 7.64. The molecule has 3 amide bonds. The largest absolute Gasteiger partial charge is 0.350 e. The number of hydrogen-bond donors (Lipinski definition) is 2. The van der Waals surface area contributed by atoms with Crippen molar-refractivity contribution in [2.24, 2.45) is 11.8 Å². The van der Waals surface area contributed by atoms with Crippen molar-refractivity contribution in [1.29, 1.82) is 0 Å². The number of thioether (sulfide) groups is 1. The molecular formula is C29H35N3O3S. The van der Waals surface area contributed by atoms with Crippen LogP contribution in [0, 0.1) is 11.8 Å². The van der Waals surface area contributed by atoms with E-state index >= 15 is 0 Å². The first-order chi connectivity index (χ1) is 17.2. The summed E-state index contributed by atoms with van der Waals surface area (Å²) in [7, 11) is 0. The van der Waals surface area contributed by atoms with Crippen molar-refractivity contribution in [3.8, 4) is 0 Å². The van der Waals surface area contributed by atoms with E-state index in [9.17, 15) is 14.4 Å². The minimum absolute atomic E-state index is 0.0521. The number of rotatable bonds is 9. The van der Waals surface area contributed by atoms with Crippen LogP contribution in [0.4, 0.5) is 11.4 Å². The maximum absolute atomic E-state index is 13.4. The SMILES string of the molecule is CC(C)CN1C(=O)C(Nc2ccc(C(C)C)cc2)=C(Sc2cccc(NC(=O)C3CCCC3)c2)C1=O. The number of imide groups is 1. The highest BCUT2D eigenvalue weighted by Crippen LogP contribution is 2.37. The molecule has 2 N–H and O–H groups in total. The highest BCUT2D eigenvalue weighted by molar-refractivity contribution is 8.04. The molecule has 36 heavy (non-hydrogen) atoms. The van der Waals surface area contributed by atoms with Gasteiger partial charge in [-0.1, -0.05) is 70.5 Å². The van der Waals surface area contributed by atoms with E-state index in [-0.39, 0.29) is 29.6 Å². The highest BCUT2D eigenvalue weighted by Gasteiger charge is 2.39. The van der Waals surface area contributed by atoms with Crippen LogP contribution >= 0.6 is 11.8 Å². The van der Waals surface area contributed by atoms with Crippen LogP contribution in [0.1, 0.15) is 64.9 Å². The lowest BCUT2D eigenvalue weighted by Crippen LogP contribution is -2.35. The molecule has 1 aliphatic carbocycles. The average Bonchev–Trinajstić information content (AvgIpc) is 3.45. The summed E-state index contributed by atoms with van der Waals surface area (Å²) in [6.45, 7) is 8.59. The molecule has 1 saturated carbocycles. The molecule has 0 aromatic heterocycles. The molecule has 2 aromatic carbocycles. The van der Waals surface area contributed by atoms with Crippen molar-refractivity contribution in [2.75, 3.05) is 17.2 Å². The van der Waals surface area contributed by atoms with Crippen LogP contribution in [-0.4, -0.2) is 29.2 Å². The molecule has 2 aromatic rings. The van der Waals surface area contributed by atoms with Gasteiger partial charge >= 0.3 is 0 Å². The van der Waals surface area contributed by atoms with E-state index in [2.05, 4.69) is 24.5 Å². The Balaban J connectivity index is 1.58. The summed E-state index contributed by atoms with van der Waals surface area (Å²) in [6, 6.07) is 15.4. The molecule has 0 atom stereocenters. The fourth-order valence-electron chi connectivity index (χ4n) is 4.57. The molecular weight excluding hydrogens is 470 g/mol. The lowest BCUT2D eigenvalue weighted by molar-refractivity contribution is -0.137. The first-order valence-electron chi connectivity index (χ1n) is 12.8. The third kappa shape index (κ3) is 6.01. The van der Waals surface area contributed by atoms with E-state index < -0.39 is 0 Å². The minimum atomic E-state index is -0.310. The van der Waals surface area contributed by atoms with Gasteiger partial charge in [-0.15, -0.1) is 0 Å². The van der Waals surface area contributed by atoms with E-state index in [1.807, 2.05) is 62.4 Å². The zero-order valence-corrected chi connectivity index (χ0v) is 22.3. The summed E-state index contributed by atoms with van der Waals surface area (Å²) in [5, 5.41) is 6.24. The van der Waals surface area contributed by atoms with Crippen molar-refractivity contribution in [1.82, 2.24) is 4.90 Å². The molecule has 1 heterocycles. The number of benzene rings is 2. The Morgan fingerprint density at radius 2 is 1.67 bits per heavy atom. The molecule has 0 radical (unpaired) electrons.